The molecule has 2 rings (SSSR count). The average Bonchev–Trinajstić information content (AvgIpc) is 2.52. The van der Waals surface area contributed by atoms with Gasteiger partial charge in [0.1, 0.15) is 0 Å². The molecule has 3 N–H and O–H groups in total. The smallest absolute Gasteiger partial charge is 0.228 e. The molecule has 0 aromatic carbocycles. The molecule has 1 unspecified atom stereocenters. The Balaban J connectivity index is 2.00. The van der Waals surface area contributed by atoms with Crippen molar-refractivity contribution < 1.29 is 9.53 Å². The molecule has 1 amide bonds. The van der Waals surface area contributed by atoms with E-state index < -0.39 is 0 Å². The number of anilines is 1. The number of ether oxygens (including phenoxy) is 1. The summed E-state index contributed by atoms with van der Waals surface area (Å²) in [7, 11) is 1.57. The van der Waals surface area contributed by atoms with E-state index in [9.17, 15) is 4.79 Å². The maximum atomic E-state index is 12.0. The van der Waals surface area contributed by atoms with E-state index in [0.717, 1.165) is 19.4 Å². The van der Waals surface area contributed by atoms with Gasteiger partial charge in [-0.15, -0.1) is 0 Å². The molecule has 2 heterocycles. The predicted octanol–water partition coefficient (Wildman–Crippen LogP) is -0.223. The van der Waals surface area contributed by atoms with Crippen LogP contribution < -0.4 is 20.7 Å². The average molecular weight is 279 g/mol. The van der Waals surface area contributed by atoms with E-state index in [2.05, 4.69) is 15.3 Å². The standard InChI is InChI=1S/C13H21N5O2/c1-20-11-4-6-16-13(17-11)18-8-2-3-10(9-18)12(19)15-7-5-14/h4,6,10H,2-3,5,7-9,14H2,1H3,(H,15,19). The zero-order valence-electron chi connectivity index (χ0n) is 11.7. The Bertz CT molecular complexity index is 454. The minimum Gasteiger partial charge on any atom is -0.481 e. The van der Waals surface area contributed by atoms with Gasteiger partial charge in [0.05, 0.1) is 13.0 Å². The number of carbonyl (C=O) groups is 1. The molecule has 1 atom stereocenters. The van der Waals surface area contributed by atoms with E-state index in [0.29, 0.717) is 31.5 Å². The Labute approximate surface area is 118 Å². The zero-order chi connectivity index (χ0) is 14.4. The molecule has 1 fully saturated rings. The van der Waals surface area contributed by atoms with Crippen LogP contribution >= 0.6 is 0 Å². The van der Waals surface area contributed by atoms with Crippen LogP contribution in [-0.2, 0) is 4.79 Å². The summed E-state index contributed by atoms with van der Waals surface area (Å²) < 4.78 is 5.10. The van der Waals surface area contributed by atoms with Crippen molar-refractivity contribution in [3.8, 4) is 5.88 Å². The number of amides is 1. The van der Waals surface area contributed by atoms with Crippen molar-refractivity contribution in [3.05, 3.63) is 12.3 Å². The van der Waals surface area contributed by atoms with Crippen molar-refractivity contribution in [3.63, 3.8) is 0 Å². The van der Waals surface area contributed by atoms with Crippen LogP contribution in [0, 0.1) is 5.92 Å². The Morgan fingerprint density at radius 1 is 1.65 bits per heavy atom. The van der Waals surface area contributed by atoms with Gasteiger partial charge >= 0.3 is 0 Å². The Hall–Kier alpha value is -1.89. The quantitative estimate of drug-likeness (QED) is 0.774. The van der Waals surface area contributed by atoms with E-state index in [-0.39, 0.29) is 11.8 Å². The van der Waals surface area contributed by atoms with Crippen molar-refractivity contribution in [1.82, 2.24) is 15.3 Å². The van der Waals surface area contributed by atoms with Crippen LogP contribution in [0.15, 0.2) is 12.3 Å². The Morgan fingerprint density at radius 2 is 2.50 bits per heavy atom. The third kappa shape index (κ3) is 3.57. The summed E-state index contributed by atoms with van der Waals surface area (Å²) in [6, 6.07) is 1.71. The summed E-state index contributed by atoms with van der Waals surface area (Å²) in [5.41, 5.74) is 5.40. The molecule has 0 bridgehead atoms. The molecule has 7 heteroatoms. The molecule has 1 aromatic rings. The van der Waals surface area contributed by atoms with E-state index in [4.69, 9.17) is 10.5 Å². The minimum atomic E-state index is -0.0369. The van der Waals surface area contributed by atoms with Gasteiger partial charge in [0.2, 0.25) is 17.7 Å². The third-order valence-electron chi connectivity index (χ3n) is 3.35. The fraction of sp³-hybridized carbons (Fsp3) is 0.615. The highest BCUT2D eigenvalue weighted by Gasteiger charge is 2.26. The Kier molecular flexibility index (Phi) is 5.11. The number of nitrogens with two attached hydrogens (primary N) is 1. The molecule has 0 aliphatic carbocycles. The molecule has 0 saturated carbocycles. The molecule has 110 valence electrons. The van der Waals surface area contributed by atoms with Gasteiger partial charge in [0.25, 0.3) is 0 Å². The topological polar surface area (TPSA) is 93.4 Å². The number of aromatic nitrogens is 2. The summed E-state index contributed by atoms with van der Waals surface area (Å²) in [5.74, 6) is 1.17. The summed E-state index contributed by atoms with van der Waals surface area (Å²) in [4.78, 5) is 22.6. The van der Waals surface area contributed by atoms with E-state index in [1.54, 1.807) is 19.4 Å². The maximum Gasteiger partial charge on any atom is 0.228 e. The number of nitrogens with zero attached hydrogens (tertiary/aromatic N) is 3. The largest absolute Gasteiger partial charge is 0.481 e. The second kappa shape index (κ2) is 7.04. The first-order chi connectivity index (χ1) is 9.74. The van der Waals surface area contributed by atoms with Crippen LogP contribution in [0.3, 0.4) is 0 Å². The molecule has 0 radical (unpaired) electrons. The number of hydrogen-bond donors (Lipinski definition) is 2. The fourth-order valence-electron chi connectivity index (χ4n) is 2.31. The summed E-state index contributed by atoms with van der Waals surface area (Å²) in [5, 5.41) is 2.84. The lowest BCUT2D eigenvalue weighted by Crippen LogP contribution is -2.44. The lowest BCUT2D eigenvalue weighted by Gasteiger charge is -2.32. The first kappa shape index (κ1) is 14.5. The number of hydrogen-bond acceptors (Lipinski definition) is 6. The van der Waals surface area contributed by atoms with Crippen LogP contribution in [0.1, 0.15) is 12.8 Å². The first-order valence-corrected chi connectivity index (χ1v) is 6.84. The molecule has 1 aromatic heterocycles. The third-order valence-corrected chi connectivity index (χ3v) is 3.35. The highest BCUT2D eigenvalue weighted by atomic mass is 16.5. The zero-order valence-corrected chi connectivity index (χ0v) is 11.7. The molecular formula is C13H21N5O2. The number of piperidine rings is 1. The highest BCUT2D eigenvalue weighted by Crippen LogP contribution is 2.21. The fourth-order valence-corrected chi connectivity index (χ4v) is 2.31. The van der Waals surface area contributed by atoms with Crippen molar-refractivity contribution in [2.24, 2.45) is 11.7 Å². The van der Waals surface area contributed by atoms with Gasteiger partial charge in [-0.3, -0.25) is 4.79 Å². The molecule has 1 saturated heterocycles. The Morgan fingerprint density at radius 3 is 3.25 bits per heavy atom. The van der Waals surface area contributed by atoms with Gasteiger partial charge in [-0.25, -0.2) is 4.98 Å². The summed E-state index contributed by atoms with van der Waals surface area (Å²) >= 11 is 0. The summed E-state index contributed by atoms with van der Waals surface area (Å²) in [6.45, 7) is 2.46. The highest BCUT2D eigenvalue weighted by molar-refractivity contribution is 5.79. The van der Waals surface area contributed by atoms with Gasteiger partial charge in [-0.2, -0.15) is 4.98 Å². The first-order valence-electron chi connectivity index (χ1n) is 6.84. The lowest BCUT2D eigenvalue weighted by molar-refractivity contribution is -0.125. The number of methoxy groups -OCH3 is 1. The molecule has 1 aliphatic heterocycles. The lowest BCUT2D eigenvalue weighted by atomic mass is 9.97. The van der Waals surface area contributed by atoms with Crippen molar-refractivity contribution in [2.45, 2.75) is 12.8 Å². The van der Waals surface area contributed by atoms with Crippen LogP contribution in [0.4, 0.5) is 5.95 Å². The van der Waals surface area contributed by atoms with Crippen molar-refractivity contribution >= 4 is 11.9 Å². The molecule has 20 heavy (non-hydrogen) atoms. The van der Waals surface area contributed by atoms with E-state index in [1.165, 1.54) is 0 Å². The number of nitrogens with one attached hydrogen (secondary N) is 1. The molecule has 1 aliphatic rings. The monoisotopic (exact) mass is 279 g/mol. The molecular weight excluding hydrogens is 258 g/mol. The van der Waals surface area contributed by atoms with Gasteiger partial charge in [0, 0.05) is 38.4 Å². The van der Waals surface area contributed by atoms with E-state index >= 15 is 0 Å². The van der Waals surface area contributed by atoms with Crippen molar-refractivity contribution in [2.75, 3.05) is 38.2 Å². The van der Waals surface area contributed by atoms with Gasteiger partial charge in [-0.1, -0.05) is 0 Å². The van der Waals surface area contributed by atoms with Gasteiger partial charge in [-0.05, 0) is 12.8 Å². The minimum absolute atomic E-state index is 0.0369. The predicted molar refractivity (Wildman–Crippen MR) is 75.6 cm³/mol. The van der Waals surface area contributed by atoms with Crippen LogP contribution in [0.25, 0.3) is 0 Å². The van der Waals surface area contributed by atoms with E-state index in [1.807, 2.05) is 4.90 Å². The SMILES string of the molecule is COc1ccnc(N2CCCC(C(=O)NCCN)C2)n1. The van der Waals surface area contributed by atoms with Crippen LogP contribution in [0.2, 0.25) is 0 Å². The number of carbonyl (C=O) groups excluding carboxylic acids is 1. The molecule has 0 spiro atoms. The van der Waals surface area contributed by atoms with Gasteiger partial charge < -0.3 is 20.7 Å². The van der Waals surface area contributed by atoms with Crippen molar-refractivity contribution in [1.29, 1.82) is 0 Å². The molecule has 7 nitrogen and oxygen atoms in total. The second-order valence-corrected chi connectivity index (χ2v) is 4.76. The van der Waals surface area contributed by atoms with Crippen LogP contribution in [0.5, 0.6) is 5.88 Å². The summed E-state index contributed by atoms with van der Waals surface area (Å²) in [6.07, 6.45) is 3.50. The second-order valence-electron chi connectivity index (χ2n) is 4.76. The normalized spacial score (nSPS) is 18.7. The van der Waals surface area contributed by atoms with Crippen LogP contribution in [-0.4, -0.2) is 49.2 Å². The maximum absolute atomic E-state index is 12.0. The number of rotatable bonds is 5. The van der Waals surface area contributed by atoms with Gasteiger partial charge in [0.15, 0.2) is 0 Å².